The van der Waals surface area contributed by atoms with E-state index in [1.54, 1.807) is 13.0 Å². The molecule has 0 saturated carbocycles. The third-order valence-corrected chi connectivity index (χ3v) is 6.73. The summed E-state index contributed by atoms with van der Waals surface area (Å²) in [6.07, 6.45) is 2.26. The monoisotopic (exact) mass is 544 g/mol. The first-order chi connectivity index (χ1) is 17.4. The molecule has 9 heteroatoms. The Kier molecular flexibility index (Phi) is 11.1. The number of hydrogen-bond donors (Lipinski definition) is 4. The van der Waals surface area contributed by atoms with Gasteiger partial charge in [-0.25, -0.2) is 0 Å². The van der Waals surface area contributed by atoms with E-state index in [0.717, 1.165) is 42.5 Å². The summed E-state index contributed by atoms with van der Waals surface area (Å²) < 4.78 is 7.87. The highest BCUT2D eigenvalue weighted by Gasteiger charge is 2.27. The predicted molar refractivity (Wildman–Crippen MR) is 159 cm³/mol. The van der Waals surface area contributed by atoms with E-state index >= 15 is 0 Å². The zero-order valence-electron chi connectivity index (χ0n) is 23.7. The number of aromatic amines is 1. The maximum absolute atomic E-state index is 13.4. The number of benzene rings is 1. The molecule has 0 unspecified atom stereocenters. The molecule has 1 aliphatic heterocycles. The van der Waals surface area contributed by atoms with Gasteiger partial charge in [0.2, 0.25) is 0 Å². The lowest BCUT2D eigenvalue weighted by atomic mass is 9.91. The van der Waals surface area contributed by atoms with E-state index in [0.29, 0.717) is 34.5 Å². The van der Waals surface area contributed by atoms with Crippen LogP contribution in [0, 0.1) is 19.8 Å². The van der Waals surface area contributed by atoms with E-state index in [-0.39, 0.29) is 28.2 Å². The molecule has 5 N–H and O–H groups in total. The number of hydrogen-bond acceptors (Lipinski definition) is 5. The lowest BCUT2D eigenvalue weighted by molar-refractivity contribution is 0.0951. The van der Waals surface area contributed by atoms with Crippen molar-refractivity contribution in [2.45, 2.75) is 71.7 Å². The number of amides is 1. The molecule has 1 aromatic carbocycles. The van der Waals surface area contributed by atoms with Crippen LogP contribution in [0.2, 0.25) is 0 Å². The fourth-order valence-corrected chi connectivity index (χ4v) is 5.03. The summed E-state index contributed by atoms with van der Waals surface area (Å²) in [6, 6.07) is 10.1. The molecule has 38 heavy (non-hydrogen) atoms. The van der Waals surface area contributed by atoms with Crippen molar-refractivity contribution in [3.05, 3.63) is 63.2 Å². The second kappa shape index (κ2) is 13.4. The summed E-state index contributed by atoms with van der Waals surface area (Å²) in [7, 11) is 1.53. The standard InChI is InChI=1S/C25H32N4O3.C4H10S.H2O/c1-15-13-22(32-4)20(24(30)28-15)14-27-25(31)23-17(3)29(21-8-6-5-7-19(21)23)16(2)18-9-11-26-12-10-18;1-4(2,3)5;/h5-8,13,16,18,26H,9-12,14H2,1-4H3,(H,27,31)(H,28,30);5H,1-3H3;1H2/t16-;;/m1../s1. The minimum absolute atomic E-state index is 0. The van der Waals surface area contributed by atoms with Gasteiger partial charge in [0.1, 0.15) is 5.75 Å². The summed E-state index contributed by atoms with van der Waals surface area (Å²) in [6.45, 7) is 14.4. The van der Waals surface area contributed by atoms with E-state index in [2.05, 4.69) is 66.6 Å². The Morgan fingerprint density at radius 2 is 1.82 bits per heavy atom. The number of H-pyrrole nitrogens is 1. The van der Waals surface area contributed by atoms with Crippen molar-refractivity contribution in [1.82, 2.24) is 20.2 Å². The molecule has 1 atom stereocenters. The molecular formula is C29H44N4O4S. The second-order valence-corrected chi connectivity index (χ2v) is 12.2. The number of methoxy groups -OCH3 is 1. The number of fused-ring (bicyclic) bond motifs is 1. The molecule has 3 aromatic rings. The number of nitrogens with one attached hydrogen (secondary N) is 3. The highest BCUT2D eigenvalue weighted by molar-refractivity contribution is 7.81. The van der Waals surface area contributed by atoms with Crippen molar-refractivity contribution < 1.29 is 15.0 Å². The van der Waals surface area contributed by atoms with Crippen LogP contribution in [0.3, 0.4) is 0 Å². The van der Waals surface area contributed by atoms with Crippen LogP contribution in [-0.2, 0) is 6.54 Å². The van der Waals surface area contributed by atoms with Gasteiger partial charge >= 0.3 is 0 Å². The first-order valence-corrected chi connectivity index (χ1v) is 13.4. The summed E-state index contributed by atoms with van der Waals surface area (Å²) in [5.41, 5.74) is 3.58. The van der Waals surface area contributed by atoms with Crippen molar-refractivity contribution in [2.24, 2.45) is 5.92 Å². The van der Waals surface area contributed by atoms with Gasteiger partial charge < -0.3 is 30.4 Å². The topological polar surface area (TPSA) is 120 Å². The third kappa shape index (κ3) is 7.65. The average molecular weight is 545 g/mol. The van der Waals surface area contributed by atoms with Gasteiger partial charge in [0, 0.05) is 33.1 Å². The second-order valence-electron chi connectivity index (χ2n) is 10.9. The van der Waals surface area contributed by atoms with Gasteiger partial charge in [-0.3, -0.25) is 9.59 Å². The number of para-hydroxylation sites is 1. The Morgan fingerprint density at radius 3 is 2.42 bits per heavy atom. The van der Waals surface area contributed by atoms with Gasteiger partial charge in [0.25, 0.3) is 11.5 Å². The smallest absolute Gasteiger partial charge is 0.256 e. The zero-order chi connectivity index (χ0) is 27.3. The average Bonchev–Trinajstić information content (AvgIpc) is 3.13. The number of nitrogens with zero attached hydrogens (tertiary/aromatic N) is 1. The van der Waals surface area contributed by atoms with E-state index < -0.39 is 0 Å². The molecule has 0 bridgehead atoms. The van der Waals surface area contributed by atoms with E-state index in [4.69, 9.17) is 4.74 Å². The number of aryl methyl sites for hydroxylation is 1. The minimum Gasteiger partial charge on any atom is -0.496 e. The van der Waals surface area contributed by atoms with E-state index in [9.17, 15) is 9.59 Å². The molecule has 1 saturated heterocycles. The predicted octanol–water partition coefficient (Wildman–Crippen LogP) is 4.34. The van der Waals surface area contributed by atoms with Crippen molar-refractivity contribution in [1.29, 1.82) is 0 Å². The Labute approximate surface area is 231 Å². The van der Waals surface area contributed by atoms with Gasteiger partial charge in [0.05, 0.1) is 24.8 Å². The number of pyridine rings is 1. The van der Waals surface area contributed by atoms with Gasteiger partial charge in [-0.2, -0.15) is 12.6 Å². The quantitative estimate of drug-likeness (QED) is 0.345. The maximum atomic E-state index is 13.4. The lowest BCUT2D eigenvalue weighted by Crippen LogP contribution is -2.32. The molecule has 2 aromatic heterocycles. The molecule has 1 amide bonds. The number of carbonyl (C=O) groups is 1. The Hall–Kier alpha value is -2.75. The van der Waals surface area contributed by atoms with Crippen molar-refractivity contribution in [2.75, 3.05) is 20.2 Å². The van der Waals surface area contributed by atoms with Crippen LogP contribution >= 0.6 is 12.6 Å². The fraction of sp³-hybridized carbons (Fsp3) is 0.517. The SMILES string of the molecule is CC(C)(C)S.COc1cc(C)[nH]c(=O)c1CNC(=O)c1c(C)n([C@H](C)C2CCNCC2)c2ccccc12.O. The van der Waals surface area contributed by atoms with Gasteiger partial charge in [-0.05, 0) is 64.8 Å². The van der Waals surface area contributed by atoms with Gasteiger partial charge in [-0.1, -0.05) is 39.0 Å². The van der Waals surface area contributed by atoms with Crippen LogP contribution in [0.1, 0.15) is 73.9 Å². The van der Waals surface area contributed by atoms with E-state index in [1.807, 2.05) is 25.1 Å². The third-order valence-electron chi connectivity index (χ3n) is 6.73. The van der Waals surface area contributed by atoms with Crippen LogP contribution in [0.4, 0.5) is 0 Å². The van der Waals surface area contributed by atoms with Crippen LogP contribution < -0.4 is 20.9 Å². The van der Waals surface area contributed by atoms with E-state index in [1.165, 1.54) is 7.11 Å². The number of thiol groups is 1. The molecule has 8 nitrogen and oxygen atoms in total. The Balaban J connectivity index is 0.000000774. The minimum atomic E-state index is -0.249. The maximum Gasteiger partial charge on any atom is 0.256 e. The number of rotatable bonds is 6. The molecule has 0 radical (unpaired) electrons. The normalized spacial score (nSPS) is 14.7. The van der Waals surface area contributed by atoms with Crippen molar-refractivity contribution >= 4 is 29.4 Å². The molecule has 1 aliphatic rings. The number of ether oxygens (including phenoxy) is 1. The summed E-state index contributed by atoms with van der Waals surface area (Å²) in [4.78, 5) is 28.6. The van der Waals surface area contributed by atoms with Crippen LogP contribution in [0.15, 0.2) is 35.1 Å². The van der Waals surface area contributed by atoms with Crippen LogP contribution in [-0.4, -0.2) is 45.9 Å². The summed E-state index contributed by atoms with van der Waals surface area (Å²) >= 11 is 4.12. The van der Waals surface area contributed by atoms with Crippen molar-refractivity contribution in [3.8, 4) is 5.75 Å². The Bertz CT molecular complexity index is 1280. The molecule has 0 spiro atoms. The molecule has 4 rings (SSSR count). The summed E-state index contributed by atoms with van der Waals surface area (Å²) in [5, 5.41) is 7.32. The highest BCUT2D eigenvalue weighted by atomic mass is 32.1. The number of piperidine rings is 1. The summed E-state index contributed by atoms with van der Waals surface area (Å²) in [5.74, 6) is 0.860. The van der Waals surface area contributed by atoms with Crippen molar-refractivity contribution in [3.63, 3.8) is 0 Å². The first kappa shape index (κ1) is 31.5. The lowest BCUT2D eigenvalue weighted by Gasteiger charge is -2.30. The number of carbonyl (C=O) groups excluding carboxylic acids is 1. The molecular weight excluding hydrogens is 500 g/mol. The molecule has 3 heterocycles. The molecule has 1 fully saturated rings. The number of aromatic nitrogens is 2. The largest absolute Gasteiger partial charge is 0.496 e. The van der Waals surface area contributed by atoms with Crippen LogP contribution in [0.5, 0.6) is 5.75 Å². The first-order valence-electron chi connectivity index (χ1n) is 13.0. The van der Waals surface area contributed by atoms with Crippen LogP contribution in [0.25, 0.3) is 10.9 Å². The van der Waals surface area contributed by atoms with Gasteiger partial charge in [0.15, 0.2) is 0 Å². The Morgan fingerprint density at radius 1 is 1.21 bits per heavy atom. The van der Waals surface area contributed by atoms with Gasteiger partial charge in [-0.15, -0.1) is 0 Å². The zero-order valence-corrected chi connectivity index (χ0v) is 24.6. The highest BCUT2D eigenvalue weighted by Crippen LogP contribution is 2.34. The fourth-order valence-electron chi connectivity index (χ4n) is 5.03. The molecule has 0 aliphatic carbocycles. The molecule has 210 valence electrons.